The molecule has 21 heavy (non-hydrogen) atoms. The Hall–Kier alpha value is -2.19. The zero-order valence-electron chi connectivity index (χ0n) is 11.3. The van der Waals surface area contributed by atoms with Crippen molar-refractivity contribution in [3.05, 3.63) is 24.2 Å². The van der Waals surface area contributed by atoms with Crippen molar-refractivity contribution in [2.45, 2.75) is 19.6 Å². The first-order valence-corrected chi connectivity index (χ1v) is 6.07. The summed E-state index contributed by atoms with van der Waals surface area (Å²) in [7, 11) is 0. The smallest absolute Gasteiger partial charge is 0.406 e. The number of halogens is 3. The van der Waals surface area contributed by atoms with Crippen LogP contribution in [-0.4, -0.2) is 52.7 Å². The third kappa shape index (κ3) is 5.76. The third-order valence-corrected chi connectivity index (χ3v) is 2.55. The van der Waals surface area contributed by atoms with E-state index in [1.54, 1.807) is 19.1 Å². The minimum absolute atomic E-state index is 0.0314. The van der Waals surface area contributed by atoms with Crippen molar-refractivity contribution in [1.82, 2.24) is 9.80 Å². The van der Waals surface area contributed by atoms with Crippen LogP contribution in [0.15, 0.2) is 22.8 Å². The number of furan rings is 1. The normalized spacial score (nSPS) is 11.2. The van der Waals surface area contributed by atoms with Crippen LogP contribution in [0.25, 0.3) is 0 Å². The summed E-state index contributed by atoms with van der Waals surface area (Å²) >= 11 is 0. The molecule has 1 rings (SSSR count). The van der Waals surface area contributed by atoms with Crippen LogP contribution in [0.2, 0.25) is 0 Å². The number of carboxylic acids is 1. The van der Waals surface area contributed by atoms with E-state index in [-0.39, 0.29) is 18.0 Å². The lowest BCUT2D eigenvalue weighted by molar-refractivity contribution is -0.149. The van der Waals surface area contributed by atoms with E-state index in [9.17, 15) is 22.8 Å². The highest BCUT2D eigenvalue weighted by Gasteiger charge is 2.35. The van der Waals surface area contributed by atoms with Gasteiger partial charge in [-0.15, -0.1) is 0 Å². The standard InChI is InChI=1S/C12H15F3N2O4/c1-2-16(6-9-4-3-5-21-9)11(20)17(7-10(18)19)8-12(13,14)15/h3-5H,2,6-8H2,1H3,(H,18,19). The second kappa shape index (κ2) is 7.00. The fourth-order valence-corrected chi connectivity index (χ4v) is 1.68. The van der Waals surface area contributed by atoms with Gasteiger partial charge in [0.25, 0.3) is 0 Å². The number of amides is 2. The Kier molecular flexibility index (Phi) is 5.62. The van der Waals surface area contributed by atoms with Crippen LogP contribution in [0.5, 0.6) is 0 Å². The van der Waals surface area contributed by atoms with E-state index in [0.717, 1.165) is 4.90 Å². The Labute approximate surface area is 118 Å². The summed E-state index contributed by atoms with van der Waals surface area (Å²) < 4.78 is 42.3. The first kappa shape index (κ1) is 16.9. The van der Waals surface area contributed by atoms with Gasteiger partial charge in [0.15, 0.2) is 0 Å². The molecule has 0 bridgehead atoms. The quantitative estimate of drug-likeness (QED) is 0.874. The average molecular weight is 308 g/mol. The van der Waals surface area contributed by atoms with Crippen LogP contribution in [0.3, 0.4) is 0 Å². The van der Waals surface area contributed by atoms with Crippen molar-refractivity contribution in [3.63, 3.8) is 0 Å². The van der Waals surface area contributed by atoms with Crippen molar-refractivity contribution >= 4 is 12.0 Å². The molecule has 0 spiro atoms. The van der Waals surface area contributed by atoms with E-state index < -0.39 is 31.3 Å². The number of carbonyl (C=O) groups excluding carboxylic acids is 1. The van der Waals surface area contributed by atoms with Crippen molar-refractivity contribution in [3.8, 4) is 0 Å². The zero-order valence-corrected chi connectivity index (χ0v) is 11.3. The van der Waals surface area contributed by atoms with Crippen LogP contribution < -0.4 is 0 Å². The summed E-state index contributed by atoms with van der Waals surface area (Å²) in [5.41, 5.74) is 0. The topological polar surface area (TPSA) is 74.0 Å². The van der Waals surface area contributed by atoms with E-state index in [1.165, 1.54) is 6.26 Å². The fourth-order valence-electron chi connectivity index (χ4n) is 1.68. The first-order chi connectivity index (χ1) is 9.73. The molecule has 0 aromatic carbocycles. The van der Waals surface area contributed by atoms with Crippen LogP contribution in [0.4, 0.5) is 18.0 Å². The lowest BCUT2D eigenvalue weighted by Gasteiger charge is -2.29. The van der Waals surface area contributed by atoms with E-state index in [2.05, 4.69) is 0 Å². The number of rotatable bonds is 6. The summed E-state index contributed by atoms with van der Waals surface area (Å²) in [5, 5.41) is 8.64. The Bertz CT molecular complexity index is 473. The average Bonchev–Trinajstić information content (AvgIpc) is 2.84. The Balaban J connectivity index is 2.82. The second-order valence-corrected chi connectivity index (χ2v) is 4.24. The predicted octanol–water partition coefficient (Wildman–Crippen LogP) is 2.17. The van der Waals surface area contributed by atoms with E-state index in [0.29, 0.717) is 5.76 Å². The van der Waals surface area contributed by atoms with Crippen molar-refractivity contribution in [2.24, 2.45) is 0 Å². The highest BCUT2D eigenvalue weighted by atomic mass is 19.4. The van der Waals surface area contributed by atoms with Gasteiger partial charge in [-0.3, -0.25) is 4.79 Å². The molecule has 118 valence electrons. The van der Waals surface area contributed by atoms with Gasteiger partial charge >= 0.3 is 18.2 Å². The van der Waals surface area contributed by atoms with Crippen molar-refractivity contribution in [2.75, 3.05) is 19.6 Å². The molecule has 0 aliphatic carbocycles. The fraction of sp³-hybridized carbons (Fsp3) is 0.500. The summed E-state index contributed by atoms with van der Waals surface area (Å²) in [4.78, 5) is 24.0. The summed E-state index contributed by atoms with van der Waals surface area (Å²) in [6.45, 7) is -0.975. The zero-order chi connectivity index (χ0) is 16.0. The predicted molar refractivity (Wildman–Crippen MR) is 65.5 cm³/mol. The molecule has 2 amide bonds. The minimum Gasteiger partial charge on any atom is -0.480 e. The number of hydrogen-bond donors (Lipinski definition) is 1. The van der Waals surface area contributed by atoms with Crippen LogP contribution in [0.1, 0.15) is 12.7 Å². The van der Waals surface area contributed by atoms with Gasteiger partial charge in [0.1, 0.15) is 18.8 Å². The maximum Gasteiger partial charge on any atom is 0.406 e. The molecule has 0 radical (unpaired) electrons. The molecule has 0 saturated carbocycles. The van der Waals surface area contributed by atoms with Gasteiger partial charge in [-0.05, 0) is 19.1 Å². The van der Waals surface area contributed by atoms with Gasteiger partial charge < -0.3 is 19.3 Å². The van der Waals surface area contributed by atoms with Gasteiger partial charge in [-0.1, -0.05) is 0 Å². The maximum absolute atomic E-state index is 12.4. The number of nitrogens with zero attached hydrogens (tertiary/aromatic N) is 2. The lowest BCUT2D eigenvalue weighted by atomic mass is 10.4. The van der Waals surface area contributed by atoms with E-state index >= 15 is 0 Å². The number of aliphatic carboxylic acids is 1. The maximum atomic E-state index is 12.4. The molecular formula is C12H15F3N2O4. The number of alkyl halides is 3. The molecule has 0 atom stereocenters. The molecule has 1 N–H and O–H groups in total. The number of hydrogen-bond acceptors (Lipinski definition) is 3. The van der Waals surface area contributed by atoms with Gasteiger partial charge in [0.2, 0.25) is 0 Å². The summed E-state index contributed by atoms with van der Waals surface area (Å²) in [6, 6.07) is 2.15. The van der Waals surface area contributed by atoms with Gasteiger partial charge in [-0.2, -0.15) is 13.2 Å². The van der Waals surface area contributed by atoms with Gasteiger partial charge in [0, 0.05) is 6.54 Å². The number of carboxylic acid groups (broad SMARTS) is 1. The van der Waals surface area contributed by atoms with E-state index in [4.69, 9.17) is 9.52 Å². The Morgan fingerprint density at radius 2 is 2.00 bits per heavy atom. The molecule has 0 saturated heterocycles. The molecule has 0 aliphatic heterocycles. The molecule has 0 fully saturated rings. The second-order valence-electron chi connectivity index (χ2n) is 4.24. The van der Waals surface area contributed by atoms with Crippen LogP contribution in [0, 0.1) is 0 Å². The van der Waals surface area contributed by atoms with E-state index in [1.807, 2.05) is 0 Å². The minimum atomic E-state index is -4.67. The molecule has 0 aliphatic rings. The molecular weight excluding hydrogens is 293 g/mol. The number of urea groups is 1. The highest BCUT2D eigenvalue weighted by molar-refractivity contribution is 5.80. The summed E-state index contributed by atoms with van der Waals surface area (Å²) in [6.07, 6.45) is -3.30. The monoisotopic (exact) mass is 308 g/mol. The lowest BCUT2D eigenvalue weighted by Crippen LogP contribution is -2.48. The third-order valence-electron chi connectivity index (χ3n) is 2.55. The molecule has 1 aromatic heterocycles. The Morgan fingerprint density at radius 1 is 1.33 bits per heavy atom. The van der Waals surface area contributed by atoms with Crippen LogP contribution >= 0.6 is 0 Å². The van der Waals surface area contributed by atoms with Crippen molar-refractivity contribution in [1.29, 1.82) is 0 Å². The molecule has 9 heteroatoms. The first-order valence-electron chi connectivity index (χ1n) is 6.07. The molecule has 1 aromatic rings. The molecule has 6 nitrogen and oxygen atoms in total. The Morgan fingerprint density at radius 3 is 2.43 bits per heavy atom. The van der Waals surface area contributed by atoms with Crippen molar-refractivity contribution < 1.29 is 32.3 Å². The molecule has 0 unspecified atom stereocenters. The largest absolute Gasteiger partial charge is 0.480 e. The molecule has 1 heterocycles. The summed E-state index contributed by atoms with van der Waals surface area (Å²) in [5.74, 6) is -1.12. The highest BCUT2D eigenvalue weighted by Crippen LogP contribution is 2.18. The number of carbonyl (C=O) groups is 2. The SMILES string of the molecule is CCN(Cc1ccco1)C(=O)N(CC(=O)O)CC(F)(F)F. The van der Waals surface area contributed by atoms with Gasteiger partial charge in [-0.25, -0.2) is 4.79 Å². The van der Waals surface area contributed by atoms with Crippen LogP contribution in [-0.2, 0) is 11.3 Å². The van der Waals surface area contributed by atoms with Gasteiger partial charge in [0.05, 0.1) is 12.8 Å².